The highest BCUT2D eigenvalue weighted by atomic mass is 16.6. The zero-order valence-electron chi connectivity index (χ0n) is 17.9. The van der Waals surface area contributed by atoms with Gasteiger partial charge in [0, 0.05) is 12.1 Å². The maximum Gasteiger partial charge on any atom is 0.415 e. The minimum Gasteiger partial charge on any atom is -0.441 e. The van der Waals surface area contributed by atoms with Crippen molar-refractivity contribution in [2.75, 3.05) is 11.5 Å². The van der Waals surface area contributed by atoms with Crippen molar-refractivity contribution in [1.82, 2.24) is 0 Å². The molecule has 32 heavy (non-hydrogen) atoms. The number of carbonyl (C=O) groups excluding carboxylic acids is 1. The van der Waals surface area contributed by atoms with Gasteiger partial charge in [-0.05, 0) is 66.1 Å². The number of benzene rings is 2. The Balaban J connectivity index is 1.35. The van der Waals surface area contributed by atoms with Crippen molar-refractivity contribution in [1.29, 1.82) is 5.26 Å². The maximum atomic E-state index is 12.2. The van der Waals surface area contributed by atoms with E-state index in [1.807, 2.05) is 12.1 Å². The molecule has 162 valence electrons. The predicted molar refractivity (Wildman–Crippen MR) is 122 cm³/mol. The number of amides is 1. The lowest BCUT2D eigenvalue weighted by molar-refractivity contribution is 0.0830. The van der Waals surface area contributed by atoms with Crippen molar-refractivity contribution in [2.45, 2.75) is 51.2 Å². The van der Waals surface area contributed by atoms with Crippen molar-refractivity contribution >= 4 is 23.2 Å². The highest BCUT2D eigenvalue weighted by Gasteiger charge is 2.47. The zero-order chi connectivity index (χ0) is 22.2. The van der Waals surface area contributed by atoms with E-state index in [2.05, 4.69) is 47.5 Å². The fourth-order valence-corrected chi connectivity index (χ4v) is 4.78. The van der Waals surface area contributed by atoms with Gasteiger partial charge in [0.25, 0.3) is 0 Å². The summed E-state index contributed by atoms with van der Waals surface area (Å²) in [6, 6.07) is 14.6. The van der Waals surface area contributed by atoms with E-state index in [9.17, 15) is 9.90 Å². The Hall–Kier alpha value is -3.50. The van der Waals surface area contributed by atoms with Crippen LogP contribution < -0.4 is 4.90 Å². The summed E-state index contributed by atoms with van der Waals surface area (Å²) in [4.78, 5) is 13.9. The molecule has 2 aromatic rings. The molecule has 0 radical (unpaired) electrons. The normalized spacial score (nSPS) is 21.4. The monoisotopic (exact) mass is 428 g/mol. The van der Waals surface area contributed by atoms with E-state index in [-0.39, 0.29) is 18.7 Å². The van der Waals surface area contributed by atoms with Gasteiger partial charge >= 0.3 is 6.09 Å². The number of fused-ring (bicyclic) bond motifs is 3. The third-order valence-electron chi connectivity index (χ3n) is 6.55. The van der Waals surface area contributed by atoms with E-state index in [1.165, 1.54) is 11.1 Å². The Labute approximate surface area is 186 Å². The topological polar surface area (TPSA) is 98.3 Å². The molecule has 2 atom stereocenters. The molecule has 1 fully saturated rings. The second kappa shape index (κ2) is 8.21. The van der Waals surface area contributed by atoms with Gasteiger partial charge in [-0.25, -0.2) is 4.79 Å². The first-order chi connectivity index (χ1) is 15.6. The van der Waals surface area contributed by atoms with Crippen LogP contribution in [-0.2, 0) is 17.6 Å². The summed E-state index contributed by atoms with van der Waals surface area (Å²) < 4.78 is 5.26. The SMILES string of the molecule is Cc1cc(-c2ccc3c(c2)CC2C(CO)OC(=O)N32)ccc1CC1=NN=C(CC#N)CC1. The van der Waals surface area contributed by atoms with Gasteiger partial charge in [-0.15, -0.1) is 0 Å². The van der Waals surface area contributed by atoms with Crippen LogP contribution in [0.4, 0.5) is 10.5 Å². The summed E-state index contributed by atoms with van der Waals surface area (Å²) in [5.74, 6) is 0. The number of hydrogen-bond donors (Lipinski definition) is 1. The van der Waals surface area contributed by atoms with Gasteiger partial charge in [-0.3, -0.25) is 4.90 Å². The lowest BCUT2D eigenvalue weighted by atomic mass is 9.94. The third-order valence-corrected chi connectivity index (χ3v) is 6.55. The Kier molecular flexibility index (Phi) is 5.24. The summed E-state index contributed by atoms with van der Waals surface area (Å²) in [5, 5.41) is 26.8. The number of carbonyl (C=O) groups is 1. The second-order valence-corrected chi connectivity index (χ2v) is 8.58. The highest BCUT2D eigenvalue weighted by Crippen LogP contribution is 2.40. The van der Waals surface area contributed by atoms with Gasteiger partial charge in [-0.1, -0.05) is 24.3 Å². The second-order valence-electron chi connectivity index (χ2n) is 8.58. The molecule has 0 bridgehead atoms. The van der Waals surface area contributed by atoms with Crippen LogP contribution in [0.15, 0.2) is 46.6 Å². The first-order valence-corrected chi connectivity index (χ1v) is 10.9. The van der Waals surface area contributed by atoms with Crippen molar-refractivity contribution < 1.29 is 14.6 Å². The van der Waals surface area contributed by atoms with Crippen LogP contribution in [0.5, 0.6) is 0 Å². The van der Waals surface area contributed by atoms with E-state index >= 15 is 0 Å². The minimum absolute atomic E-state index is 0.130. The zero-order valence-corrected chi connectivity index (χ0v) is 17.9. The molecular weight excluding hydrogens is 404 g/mol. The number of aliphatic hydroxyl groups is 1. The van der Waals surface area contributed by atoms with Crippen molar-refractivity contribution in [3.8, 4) is 17.2 Å². The molecule has 0 spiro atoms. The lowest BCUT2D eigenvalue weighted by Gasteiger charge is -2.15. The molecule has 5 rings (SSSR count). The number of rotatable bonds is 5. The average Bonchev–Trinajstić information content (AvgIpc) is 3.33. The van der Waals surface area contributed by atoms with Crippen LogP contribution in [0.1, 0.15) is 36.0 Å². The molecule has 3 aliphatic heterocycles. The molecule has 3 aliphatic rings. The molecule has 0 aliphatic carbocycles. The average molecular weight is 428 g/mol. The molecule has 1 amide bonds. The van der Waals surface area contributed by atoms with Crippen LogP contribution in [0.2, 0.25) is 0 Å². The number of nitriles is 1. The number of nitrogens with zero attached hydrogens (tertiary/aromatic N) is 4. The quantitative estimate of drug-likeness (QED) is 0.779. The Bertz CT molecular complexity index is 1190. The lowest BCUT2D eigenvalue weighted by Crippen LogP contribution is -2.34. The molecule has 0 saturated carbocycles. The van der Waals surface area contributed by atoms with Gasteiger partial charge < -0.3 is 9.84 Å². The fraction of sp³-hybridized carbons (Fsp3) is 0.360. The number of hydrogen-bond acceptors (Lipinski definition) is 6. The Morgan fingerprint density at radius 3 is 2.62 bits per heavy atom. The minimum atomic E-state index is -0.470. The summed E-state index contributed by atoms with van der Waals surface area (Å²) in [7, 11) is 0. The first kappa shape index (κ1) is 20.4. The molecule has 7 nitrogen and oxygen atoms in total. The Morgan fingerprint density at radius 2 is 1.91 bits per heavy atom. The van der Waals surface area contributed by atoms with Crippen LogP contribution in [0, 0.1) is 18.3 Å². The van der Waals surface area contributed by atoms with Crippen LogP contribution in [0.25, 0.3) is 11.1 Å². The number of cyclic esters (lactones) is 1. The number of aliphatic hydroxyl groups excluding tert-OH is 1. The molecule has 0 aromatic heterocycles. The predicted octanol–water partition coefficient (Wildman–Crippen LogP) is 3.95. The largest absolute Gasteiger partial charge is 0.441 e. The van der Waals surface area contributed by atoms with E-state index in [1.54, 1.807) is 4.90 Å². The van der Waals surface area contributed by atoms with E-state index in [4.69, 9.17) is 10.00 Å². The molecule has 2 unspecified atom stereocenters. The van der Waals surface area contributed by atoms with Gasteiger partial charge in [0.1, 0.15) is 6.10 Å². The van der Waals surface area contributed by atoms with E-state index in [0.717, 1.165) is 53.1 Å². The molecule has 3 heterocycles. The summed E-state index contributed by atoms with van der Waals surface area (Å²) >= 11 is 0. The van der Waals surface area contributed by atoms with Crippen LogP contribution >= 0.6 is 0 Å². The van der Waals surface area contributed by atoms with E-state index < -0.39 is 6.10 Å². The smallest absolute Gasteiger partial charge is 0.415 e. The van der Waals surface area contributed by atoms with Gasteiger partial charge in [-0.2, -0.15) is 15.5 Å². The first-order valence-electron chi connectivity index (χ1n) is 10.9. The van der Waals surface area contributed by atoms with Crippen LogP contribution in [-0.4, -0.2) is 41.4 Å². The maximum absolute atomic E-state index is 12.2. The molecule has 7 heteroatoms. The summed E-state index contributed by atoms with van der Waals surface area (Å²) in [6.45, 7) is 1.95. The molecule has 1 N–H and O–H groups in total. The number of anilines is 1. The molecule has 1 saturated heterocycles. The highest BCUT2D eigenvalue weighted by molar-refractivity contribution is 5.96. The van der Waals surface area contributed by atoms with E-state index in [0.29, 0.717) is 12.8 Å². The number of ether oxygens (including phenoxy) is 1. The Morgan fingerprint density at radius 1 is 1.16 bits per heavy atom. The van der Waals surface area contributed by atoms with Gasteiger partial charge in [0.05, 0.1) is 36.5 Å². The van der Waals surface area contributed by atoms with Crippen LogP contribution in [0.3, 0.4) is 0 Å². The van der Waals surface area contributed by atoms with Crippen molar-refractivity contribution in [3.05, 3.63) is 53.1 Å². The van der Waals surface area contributed by atoms with Gasteiger partial charge in [0.15, 0.2) is 0 Å². The standard InChI is InChI=1S/C25H24N4O3/c1-15-10-17(3-2-16(15)12-21-6-5-20(8-9-26)27-28-21)18-4-7-22-19(11-18)13-23-24(14-30)32-25(31)29(22)23/h2-4,7,10-11,23-24,30H,5-6,8,12-14H2,1H3. The summed E-state index contributed by atoms with van der Waals surface area (Å²) in [5.41, 5.74) is 8.54. The van der Waals surface area contributed by atoms with Crippen molar-refractivity contribution in [2.24, 2.45) is 10.2 Å². The fourth-order valence-electron chi connectivity index (χ4n) is 4.78. The summed E-state index contributed by atoms with van der Waals surface area (Å²) in [6.07, 6.45) is 2.61. The molecule has 2 aromatic carbocycles. The van der Waals surface area contributed by atoms with Crippen molar-refractivity contribution in [3.63, 3.8) is 0 Å². The number of aryl methyl sites for hydroxylation is 1. The van der Waals surface area contributed by atoms with Gasteiger partial charge in [0.2, 0.25) is 0 Å². The third kappa shape index (κ3) is 3.57. The molecular formula is C25H24N4O3.